The zero-order valence-corrected chi connectivity index (χ0v) is 8.61. The summed E-state index contributed by atoms with van der Waals surface area (Å²) in [6.45, 7) is 4.08. The number of hydrogen-bond donors (Lipinski definition) is 0. The number of ether oxygens (including phenoxy) is 2. The van der Waals surface area contributed by atoms with Crippen LogP contribution in [0.15, 0.2) is 24.3 Å². The molecule has 0 aliphatic rings. The first-order valence-electron chi connectivity index (χ1n) is 4.50. The van der Waals surface area contributed by atoms with Gasteiger partial charge in [0, 0.05) is 0 Å². The quantitative estimate of drug-likeness (QED) is 0.536. The summed E-state index contributed by atoms with van der Waals surface area (Å²) >= 11 is 0. The largest absolute Gasteiger partial charge is 0.513 e. The Hall–Kier alpha value is -1.51. The van der Waals surface area contributed by atoms with Gasteiger partial charge in [-0.15, -0.1) is 0 Å². The molecule has 3 nitrogen and oxygen atoms in total. The maximum atomic E-state index is 10.9. The Morgan fingerprint density at radius 2 is 1.93 bits per heavy atom. The predicted molar refractivity (Wildman–Crippen MR) is 53.6 cm³/mol. The Bertz CT molecular complexity index is 318. The molecule has 14 heavy (non-hydrogen) atoms. The number of hydrogen-bond acceptors (Lipinski definition) is 3. The molecule has 0 aliphatic heterocycles. The van der Waals surface area contributed by atoms with Crippen molar-refractivity contribution in [2.45, 2.75) is 19.8 Å². The van der Waals surface area contributed by atoms with Crippen molar-refractivity contribution in [1.29, 1.82) is 0 Å². The second kappa shape index (κ2) is 4.65. The lowest BCUT2D eigenvalue weighted by Crippen LogP contribution is -2.09. The van der Waals surface area contributed by atoms with Crippen molar-refractivity contribution in [2.24, 2.45) is 0 Å². The fourth-order valence-corrected chi connectivity index (χ4v) is 1.18. The summed E-state index contributed by atoms with van der Waals surface area (Å²) in [5, 5.41) is 0. The molecule has 0 spiro atoms. The smallest absolute Gasteiger partial charge is 0.437 e. The predicted octanol–water partition coefficient (Wildman–Crippen LogP) is 2.96. The van der Waals surface area contributed by atoms with Crippen molar-refractivity contribution >= 4 is 6.16 Å². The van der Waals surface area contributed by atoms with E-state index >= 15 is 0 Å². The molecular formula is C11H14O3. The van der Waals surface area contributed by atoms with Crippen molar-refractivity contribution in [1.82, 2.24) is 0 Å². The summed E-state index contributed by atoms with van der Waals surface area (Å²) in [4.78, 5) is 10.9. The maximum absolute atomic E-state index is 10.9. The second-order valence-electron chi connectivity index (χ2n) is 3.25. The van der Waals surface area contributed by atoms with Crippen LogP contribution >= 0.6 is 0 Å². The van der Waals surface area contributed by atoms with Gasteiger partial charge in [-0.1, -0.05) is 32.0 Å². The van der Waals surface area contributed by atoms with Gasteiger partial charge in [0.05, 0.1) is 7.11 Å². The standard InChI is InChI=1S/C11H14O3/c1-8(2)9-6-4-5-7-10(9)14-11(12)13-3/h4-8H,1-3H3. The fourth-order valence-electron chi connectivity index (χ4n) is 1.18. The minimum atomic E-state index is -0.682. The van der Waals surface area contributed by atoms with Gasteiger partial charge in [-0.05, 0) is 17.5 Å². The molecule has 0 bridgehead atoms. The van der Waals surface area contributed by atoms with Gasteiger partial charge in [-0.25, -0.2) is 4.79 Å². The lowest BCUT2D eigenvalue weighted by atomic mass is 10.0. The van der Waals surface area contributed by atoms with E-state index < -0.39 is 6.16 Å². The second-order valence-corrected chi connectivity index (χ2v) is 3.25. The molecule has 0 aliphatic carbocycles. The van der Waals surface area contributed by atoms with Crippen LogP contribution in [0.2, 0.25) is 0 Å². The van der Waals surface area contributed by atoms with Crippen LogP contribution in [0.3, 0.4) is 0 Å². The van der Waals surface area contributed by atoms with E-state index in [1.807, 2.05) is 32.0 Å². The molecular weight excluding hydrogens is 180 g/mol. The van der Waals surface area contributed by atoms with Crippen molar-refractivity contribution in [3.05, 3.63) is 29.8 Å². The van der Waals surface area contributed by atoms with E-state index in [9.17, 15) is 4.79 Å². The van der Waals surface area contributed by atoms with E-state index in [4.69, 9.17) is 4.74 Å². The summed E-state index contributed by atoms with van der Waals surface area (Å²) in [6, 6.07) is 7.43. The number of carbonyl (C=O) groups excluding carboxylic acids is 1. The van der Waals surface area contributed by atoms with E-state index in [-0.39, 0.29) is 0 Å². The van der Waals surface area contributed by atoms with E-state index in [1.54, 1.807) is 6.07 Å². The molecule has 0 atom stereocenters. The summed E-state index contributed by atoms with van der Waals surface area (Å²) in [5.74, 6) is 0.880. The molecule has 3 heteroatoms. The van der Waals surface area contributed by atoms with Gasteiger partial charge < -0.3 is 9.47 Å². The van der Waals surface area contributed by atoms with E-state index in [2.05, 4.69) is 4.74 Å². The molecule has 1 rings (SSSR count). The molecule has 76 valence electrons. The van der Waals surface area contributed by atoms with Crippen LogP contribution in [0.4, 0.5) is 4.79 Å². The number of benzene rings is 1. The third-order valence-electron chi connectivity index (χ3n) is 1.90. The number of rotatable bonds is 2. The molecule has 1 aromatic rings. The first-order valence-corrected chi connectivity index (χ1v) is 4.50. The van der Waals surface area contributed by atoms with E-state index in [1.165, 1.54) is 7.11 Å². The molecule has 0 heterocycles. The lowest BCUT2D eigenvalue weighted by Gasteiger charge is -2.11. The highest BCUT2D eigenvalue weighted by Crippen LogP contribution is 2.25. The Morgan fingerprint density at radius 3 is 2.50 bits per heavy atom. The first-order chi connectivity index (χ1) is 6.65. The van der Waals surface area contributed by atoms with Crippen LogP contribution in [-0.4, -0.2) is 13.3 Å². The zero-order valence-electron chi connectivity index (χ0n) is 8.61. The van der Waals surface area contributed by atoms with Gasteiger partial charge in [-0.3, -0.25) is 0 Å². The van der Waals surface area contributed by atoms with Crippen molar-refractivity contribution in [3.63, 3.8) is 0 Å². The molecule has 0 aromatic heterocycles. The van der Waals surface area contributed by atoms with Gasteiger partial charge in [0.15, 0.2) is 0 Å². The molecule has 0 saturated carbocycles. The van der Waals surface area contributed by atoms with Crippen molar-refractivity contribution < 1.29 is 14.3 Å². The van der Waals surface area contributed by atoms with Gasteiger partial charge in [0.1, 0.15) is 5.75 Å². The van der Waals surface area contributed by atoms with Gasteiger partial charge in [-0.2, -0.15) is 0 Å². The average molecular weight is 194 g/mol. The Labute approximate surface area is 83.6 Å². The highest BCUT2D eigenvalue weighted by molar-refractivity contribution is 5.64. The highest BCUT2D eigenvalue weighted by Gasteiger charge is 2.10. The number of para-hydroxylation sites is 1. The number of methoxy groups -OCH3 is 1. The highest BCUT2D eigenvalue weighted by atomic mass is 16.7. The Morgan fingerprint density at radius 1 is 1.29 bits per heavy atom. The summed E-state index contributed by atoms with van der Waals surface area (Å²) < 4.78 is 9.42. The molecule has 0 saturated heterocycles. The van der Waals surface area contributed by atoms with Crippen LogP contribution in [0, 0.1) is 0 Å². The zero-order chi connectivity index (χ0) is 10.6. The van der Waals surface area contributed by atoms with Crippen LogP contribution in [-0.2, 0) is 4.74 Å². The van der Waals surface area contributed by atoms with Crippen LogP contribution in [0.25, 0.3) is 0 Å². The third kappa shape index (κ3) is 2.49. The molecule has 0 radical (unpaired) electrons. The van der Waals surface area contributed by atoms with Gasteiger partial charge in [0.2, 0.25) is 0 Å². The topological polar surface area (TPSA) is 35.5 Å². The van der Waals surface area contributed by atoms with Crippen molar-refractivity contribution in [2.75, 3.05) is 7.11 Å². The molecule has 0 fully saturated rings. The molecule has 0 N–H and O–H groups in total. The molecule has 1 aromatic carbocycles. The summed E-state index contributed by atoms with van der Waals surface area (Å²) in [7, 11) is 1.29. The minimum Gasteiger partial charge on any atom is -0.437 e. The summed E-state index contributed by atoms with van der Waals surface area (Å²) in [6.07, 6.45) is -0.682. The minimum absolute atomic E-state index is 0.316. The number of carbonyl (C=O) groups is 1. The van der Waals surface area contributed by atoms with E-state index in [0.29, 0.717) is 11.7 Å². The van der Waals surface area contributed by atoms with E-state index in [0.717, 1.165) is 5.56 Å². The Kier molecular flexibility index (Phi) is 3.51. The van der Waals surface area contributed by atoms with Crippen molar-refractivity contribution in [3.8, 4) is 5.75 Å². The lowest BCUT2D eigenvalue weighted by molar-refractivity contribution is 0.121. The van der Waals surface area contributed by atoms with Crippen LogP contribution in [0.5, 0.6) is 5.75 Å². The third-order valence-corrected chi connectivity index (χ3v) is 1.90. The molecule has 0 amide bonds. The van der Waals surface area contributed by atoms with Gasteiger partial charge >= 0.3 is 6.16 Å². The normalized spacial score (nSPS) is 10.0. The van der Waals surface area contributed by atoms with Gasteiger partial charge in [0.25, 0.3) is 0 Å². The average Bonchev–Trinajstić information content (AvgIpc) is 2.18. The first kappa shape index (κ1) is 10.6. The SMILES string of the molecule is COC(=O)Oc1ccccc1C(C)C. The Balaban J connectivity index is 2.90. The maximum Gasteiger partial charge on any atom is 0.513 e. The monoisotopic (exact) mass is 194 g/mol. The molecule has 0 unspecified atom stereocenters. The fraction of sp³-hybridized carbons (Fsp3) is 0.364. The van der Waals surface area contributed by atoms with Crippen LogP contribution < -0.4 is 4.74 Å². The van der Waals surface area contributed by atoms with Crippen LogP contribution in [0.1, 0.15) is 25.3 Å². The summed E-state index contributed by atoms with van der Waals surface area (Å²) in [5.41, 5.74) is 0.998.